The third kappa shape index (κ3) is 6.29. The van der Waals surface area contributed by atoms with Gasteiger partial charge in [-0.1, -0.05) is 12.1 Å². The van der Waals surface area contributed by atoms with Crippen molar-refractivity contribution in [1.82, 2.24) is 9.88 Å². The van der Waals surface area contributed by atoms with E-state index < -0.39 is 0 Å². The predicted molar refractivity (Wildman–Crippen MR) is 170 cm³/mol. The molecule has 6 rings (SSSR count). The number of nitrogens with zero attached hydrogens (tertiary/aromatic N) is 2. The second-order valence-corrected chi connectivity index (χ2v) is 12.3. The number of amides is 1. The first kappa shape index (κ1) is 27.8. The van der Waals surface area contributed by atoms with Crippen LogP contribution < -0.4 is 26.4 Å². The Morgan fingerprint density at radius 3 is 2.78 bits per heavy atom. The lowest BCUT2D eigenvalue weighted by molar-refractivity contribution is 0.0858. The number of carbonyl (C=O) groups is 1. The molecule has 0 unspecified atom stereocenters. The summed E-state index contributed by atoms with van der Waals surface area (Å²) in [6.07, 6.45) is 5.19. The summed E-state index contributed by atoms with van der Waals surface area (Å²) in [5, 5.41) is 10.2. The fraction of sp³-hybridized carbons (Fsp3) is 0.387. The van der Waals surface area contributed by atoms with Gasteiger partial charge in [0, 0.05) is 66.6 Å². The van der Waals surface area contributed by atoms with Gasteiger partial charge in [0.05, 0.1) is 17.5 Å². The zero-order valence-corrected chi connectivity index (χ0v) is 24.7. The largest absolute Gasteiger partial charge is 0.376 e. The molecule has 10 heteroatoms. The lowest BCUT2D eigenvalue weighted by Gasteiger charge is -2.44. The van der Waals surface area contributed by atoms with Gasteiger partial charge in [0.2, 0.25) is 0 Å². The number of nitrogens with one attached hydrogen (secondary N) is 3. The van der Waals surface area contributed by atoms with E-state index in [0.717, 1.165) is 73.2 Å². The average Bonchev–Trinajstić information content (AvgIpc) is 3.50. The molecule has 0 aliphatic carbocycles. The van der Waals surface area contributed by atoms with Crippen molar-refractivity contribution in [3.05, 3.63) is 82.3 Å². The molecule has 2 saturated heterocycles. The van der Waals surface area contributed by atoms with Crippen LogP contribution in [0.1, 0.15) is 41.2 Å². The van der Waals surface area contributed by atoms with Crippen LogP contribution in [0.2, 0.25) is 0 Å². The van der Waals surface area contributed by atoms with Gasteiger partial charge in [0.15, 0.2) is 5.11 Å². The van der Waals surface area contributed by atoms with Gasteiger partial charge in [-0.3, -0.25) is 9.59 Å². The van der Waals surface area contributed by atoms with Crippen molar-refractivity contribution in [3.8, 4) is 0 Å². The molecule has 0 radical (unpaired) electrons. The summed E-state index contributed by atoms with van der Waals surface area (Å²) in [7, 11) is 0. The van der Waals surface area contributed by atoms with E-state index in [1.54, 1.807) is 17.8 Å². The summed E-state index contributed by atoms with van der Waals surface area (Å²) in [6.45, 7) is 3.59. The maximum atomic E-state index is 13.1. The molecule has 214 valence electrons. The quantitative estimate of drug-likeness (QED) is 0.265. The van der Waals surface area contributed by atoms with E-state index in [2.05, 4.69) is 39.0 Å². The molecule has 3 N–H and O–H groups in total. The molecule has 8 nitrogen and oxygen atoms in total. The Morgan fingerprint density at radius 2 is 1.95 bits per heavy atom. The van der Waals surface area contributed by atoms with Crippen LogP contribution in [0, 0.1) is 5.92 Å². The smallest absolute Gasteiger partial charge is 0.251 e. The van der Waals surface area contributed by atoms with Crippen LogP contribution in [-0.4, -0.2) is 54.2 Å². The number of thiocarbonyl (C=S) groups is 1. The highest BCUT2D eigenvalue weighted by Crippen LogP contribution is 2.39. The Hall–Kier alpha value is -3.34. The molecule has 3 aromatic rings. The fourth-order valence-electron chi connectivity index (χ4n) is 6.25. The Bertz CT molecular complexity index is 1500. The summed E-state index contributed by atoms with van der Waals surface area (Å²) in [5.41, 5.74) is 4.41. The van der Waals surface area contributed by atoms with Crippen molar-refractivity contribution < 1.29 is 9.53 Å². The van der Waals surface area contributed by atoms with Gasteiger partial charge in [-0.2, -0.15) is 0 Å². The molecular weight excluding hydrogens is 555 g/mol. The second kappa shape index (κ2) is 12.3. The van der Waals surface area contributed by atoms with Crippen LogP contribution in [-0.2, 0) is 11.3 Å². The number of hydrogen-bond acceptors (Lipinski definition) is 6. The molecule has 2 bridgehead atoms. The van der Waals surface area contributed by atoms with E-state index in [9.17, 15) is 9.59 Å². The van der Waals surface area contributed by atoms with Crippen molar-refractivity contribution in [2.24, 2.45) is 5.92 Å². The molecule has 0 spiro atoms. The summed E-state index contributed by atoms with van der Waals surface area (Å²) in [6, 6.07) is 19.5. The highest BCUT2D eigenvalue weighted by atomic mass is 32.2. The number of aromatic nitrogens is 1. The Labute approximate surface area is 249 Å². The minimum atomic E-state index is -0.134. The third-order valence-corrected chi connectivity index (χ3v) is 9.10. The van der Waals surface area contributed by atoms with E-state index in [1.807, 2.05) is 47.2 Å². The first-order chi connectivity index (χ1) is 20.0. The number of pyridine rings is 1. The maximum absolute atomic E-state index is 13.1. The Morgan fingerprint density at radius 1 is 1.07 bits per heavy atom. The van der Waals surface area contributed by atoms with Crippen molar-refractivity contribution in [1.29, 1.82) is 0 Å². The normalized spacial score (nSPS) is 21.2. The maximum Gasteiger partial charge on any atom is 0.251 e. The van der Waals surface area contributed by atoms with Crippen molar-refractivity contribution in [2.45, 2.75) is 42.7 Å². The van der Waals surface area contributed by atoms with Gasteiger partial charge < -0.3 is 30.2 Å². The standard InChI is InChI=1S/C31H35N5O3S2/c1-41-25-7-2-5-23(15-25)33-31(40)34-26-14-21(30(38)32-16-24-6-4-12-39-24)10-11-28(26)35-17-20-13-22(19-35)27-8-3-9-29(37)36(27)18-20/h2-3,5,7-11,14-15,20,22,24H,4,6,12-13,16-19H2,1H3,(H,32,38)(H2,33,34,40)/t20-,22+,24+/m1/s1. The number of piperidine rings is 1. The SMILES string of the molecule is CSc1cccc(NC(=S)Nc2cc(C(=O)NC[C@@H]3CCCO3)ccc2N2C[C@H]3C[C@@H](C2)c2cccc(=O)n2C3)c1. The molecule has 3 aliphatic rings. The number of benzene rings is 2. The number of rotatable bonds is 7. The zero-order valence-electron chi connectivity index (χ0n) is 23.1. The van der Waals surface area contributed by atoms with Gasteiger partial charge in [0.1, 0.15) is 0 Å². The Kier molecular flexibility index (Phi) is 8.32. The molecule has 1 aromatic heterocycles. The highest BCUT2D eigenvalue weighted by Gasteiger charge is 2.35. The van der Waals surface area contributed by atoms with Crippen molar-refractivity contribution >= 4 is 52.1 Å². The van der Waals surface area contributed by atoms with Crippen molar-refractivity contribution in [2.75, 3.05) is 48.0 Å². The fourth-order valence-corrected chi connectivity index (χ4v) is 6.93. The van der Waals surface area contributed by atoms with E-state index in [-0.39, 0.29) is 23.5 Å². The monoisotopic (exact) mass is 589 g/mol. The van der Waals surface area contributed by atoms with E-state index in [4.69, 9.17) is 17.0 Å². The minimum absolute atomic E-state index is 0.0767. The zero-order chi connectivity index (χ0) is 28.3. The summed E-state index contributed by atoms with van der Waals surface area (Å²) >= 11 is 7.41. The molecule has 2 fully saturated rings. The van der Waals surface area contributed by atoms with Crippen LogP contribution in [0.5, 0.6) is 0 Å². The number of anilines is 3. The minimum Gasteiger partial charge on any atom is -0.376 e. The van der Waals surface area contributed by atoms with Crippen LogP contribution in [0.25, 0.3) is 0 Å². The van der Waals surface area contributed by atoms with E-state index >= 15 is 0 Å². The molecule has 3 aliphatic heterocycles. The Balaban J connectivity index is 1.25. The van der Waals surface area contributed by atoms with Gasteiger partial charge in [-0.15, -0.1) is 11.8 Å². The van der Waals surface area contributed by atoms with Gasteiger partial charge >= 0.3 is 0 Å². The van der Waals surface area contributed by atoms with Crippen LogP contribution in [0.4, 0.5) is 17.1 Å². The summed E-state index contributed by atoms with van der Waals surface area (Å²) in [5.74, 6) is 0.492. The lowest BCUT2D eigenvalue weighted by Crippen LogP contribution is -2.47. The van der Waals surface area contributed by atoms with Crippen LogP contribution in [0.15, 0.2) is 70.4 Å². The molecule has 41 heavy (non-hydrogen) atoms. The summed E-state index contributed by atoms with van der Waals surface area (Å²) < 4.78 is 7.62. The average molecular weight is 590 g/mol. The first-order valence-corrected chi connectivity index (χ1v) is 15.8. The van der Waals surface area contributed by atoms with Crippen LogP contribution >= 0.6 is 24.0 Å². The second-order valence-electron chi connectivity index (χ2n) is 11.0. The predicted octanol–water partition coefficient (Wildman–Crippen LogP) is 4.91. The highest BCUT2D eigenvalue weighted by molar-refractivity contribution is 7.98. The molecule has 3 atom stereocenters. The number of thioether (sulfide) groups is 1. The number of hydrogen-bond donors (Lipinski definition) is 3. The van der Waals surface area contributed by atoms with E-state index in [0.29, 0.717) is 23.1 Å². The molecule has 2 aromatic carbocycles. The van der Waals surface area contributed by atoms with E-state index in [1.165, 1.54) is 0 Å². The van der Waals surface area contributed by atoms with Gasteiger partial charge in [-0.25, -0.2) is 0 Å². The number of carbonyl (C=O) groups excluding carboxylic acids is 1. The topological polar surface area (TPSA) is 87.6 Å². The third-order valence-electron chi connectivity index (χ3n) is 8.17. The van der Waals surface area contributed by atoms with Crippen LogP contribution in [0.3, 0.4) is 0 Å². The van der Waals surface area contributed by atoms with Crippen molar-refractivity contribution in [3.63, 3.8) is 0 Å². The molecule has 1 amide bonds. The lowest BCUT2D eigenvalue weighted by atomic mass is 9.83. The molecule has 4 heterocycles. The first-order valence-electron chi connectivity index (χ1n) is 14.2. The van der Waals surface area contributed by atoms with Gasteiger partial charge in [-0.05, 0) is 86.1 Å². The number of ether oxygens (including phenoxy) is 1. The summed E-state index contributed by atoms with van der Waals surface area (Å²) in [4.78, 5) is 29.2. The molecular formula is C31H35N5O3S2. The molecule has 0 saturated carbocycles. The van der Waals surface area contributed by atoms with Gasteiger partial charge in [0.25, 0.3) is 11.5 Å². The number of fused-ring (bicyclic) bond motifs is 4.